The molecular formula is C11H13NO5. The molecule has 0 radical (unpaired) electrons. The lowest BCUT2D eigenvalue weighted by atomic mass is 10.3. The molecule has 0 aliphatic heterocycles. The van der Waals surface area contributed by atoms with E-state index >= 15 is 0 Å². The van der Waals surface area contributed by atoms with Crippen LogP contribution in [0, 0.1) is 0 Å². The average Bonchev–Trinajstić information content (AvgIpc) is 2.34. The fourth-order valence-corrected chi connectivity index (χ4v) is 1.05. The van der Waals surface area contributed by atoms with Crippen molar-refractivity contribution in [3.63, 3.8) is 0 Å². The number of nitrogens with one attached hydrogen (secondary N) is 1. The molecule has 1 amide bonds. The van der Waals surface area contributed by atoms with Crippen LogP contribution in [0.1, 0.15) is 0 Å². The molecule has 6 heteroatoms. The second kappa shape index (κ2) is 6.37. The summed E-state index contributed by atoms with van der Waals surface area (Å²) in [7, 11) is 1.55. The normalized spacial score (nSPS) is 9.47. The van der Waals surface area contributed by atoms with Crippen molar-refractivity contribution in [2.45, 2.75) is 0 Å². The van der Waals surface area contributed by atoms with Gasteiger partial charge in [0.1, 0.15) is 18.0 Å². The first-order valence-corrected chi connectivity index (χ1v) is 4.87. The van der Waals surface area contributed by atoms with Crippen LogP contribution in [0.25, 0.3) is 0 Å². The Hall–Kier alpha value is -2.24. The maximum absolute atomic E-state index is 11.1. The van der Waals surface area contributed by atoms with E-state index in [9.17, 15) is 9.59 Å². The second-order valence-electron chi connectivity index (χ2n) is 3.13. The van der Waals surface area contributed by atoms with Gasteiger partial charge in [-0.3, -0.25) is 9.59 Å². The van der Waals surface area contributed by atoms with Gasteiger partial charge in [0, 0.05) is 0 Å². The SMILES string of the molecule is COc1ccc(OCC(=O)NCC(=O)O)cc1. The van der Waals surface area contributed by atoms with E-state index in [-0.39, 0.29) is 6.61 Å². The topological polar surface area (TPSA) is 84.9 Å². The average molecular weight is 239 g/mol. The molecule has 1 aromatic rings. The summed E-state index contributed by atoms with van der Waals surface area (Å²) >= 11 is 0. The van der Waals surface area contributed by atoms with Crippen LogP contribution in [-0.4, -0.2) is 37.2 Å². The molecule has 0 aliphatic rings. The summed E-state index contributed by atoms with van der Waals surface area (Å²) in [4.78, 5) is 21.3. The molecule has 17 heavy (non-hydrogen) atoms. The summed E-state index contributed by atoms with van der Waals surface area (Å²) in [6, 6.07) is 6.71. The van der Waals surface area contributed by atoms with E-state index < -0.39 is 18.4 Å². The van der Waals surface area contributed by atoms with Gasteiger partial charge in [-0.1, -0.05) is 0 Å². The highest BCUT2D eigenvalue weighted by Gasteiger charge is 2.04. The van der Waals surface area contributed by atoms with Crippen molar-refractivity contribution in [2.24, 2.45) is 0 Å². The lowest BCUT2D eigenvalue weighted by Gasteiger charge is -2.06. The van der Waals surface area contributed by atoms with Crippen LogP contribution in [-0.2, 0) is 9.59 Å². The molecule has 0 fully saturated rings. The minimum atomic E-state index is -1.09. The Balaban J connectivity index is 2.34. The lowest BCUT2D eigenvalue weighted by Crippen LogP contribution is -2.33. The third kappa shape index (κ3) is 4.87. The first-order chi connectivity index (χ1) is 8.11. The van der Waals surface area contributed by atoms with Crippen LogP contribution in [0.15, 0.2) is 24.3 Å². The lowest BCUT2D eigenvalue weighted by molar-refractivity contribution is -0.138. The van der Waals surface area contributed by atoms with E-state index in [1.165, 1.54) is 0 Å². The molecule has 1 rings (SSSR count). The quantitative estimate of drug-likeness (QED) is 0.744. The van der Waals surface area contributed by atoms with Gasteiger partial charge in [0.2, 0.25) is 0 Å². The zero-order chi connectivity index (χ0) is 12.7. The molecule has 0 atom stereocenters. The summed E-state index contributed by atoms with van der Waals surface area (Å²) in [5, 5.41) is 10.5. The molecule has 0 saturated carbocycles. The van der Waals surface area contributed by atoms with E-state index in [2.05, 4.69) is 5.32 Å². The Morgan fingerprint density at radius 2 is 1.82 bits per heavy atom. The molecule has 1 aromatic carbocycles. The number of benzene rings is 1. The fraction of sp³-hybridized carbons (Fsp3) is 0.273. The van der Waals surface area contributed by atoms with Gasteiger partial charge in [0.25, 0.3) is 5.91 Å². The minimum Gasteiger partial charge on any atom is -0.497 e. The number of carbonyl (C=O) groups is 2. The zero-order valence-electron chi connectivity index (χ0n) is 9.30. The van der Waals surface area contributed by atoms with Crippen molar-refractivity contribution in [1.29, 1.82) is 0 Å². The Kier molecular flexibility index (Phi) is 4.80. The van der Waals surface area contributed by atoms with Gasteiger partial charge in [-0.25, -0.2) is 0 Å². The van der Waals surface area contributed by atoms with Crippen molar-refractivity contribution in [1.82, 2.24) is 5.32 Å². The highest BCUT2D eigenvalue weighted by molar-refractivity contribution is 5.82. The number of carboxylic acid groups (broad SMARTS) is 1. The predicted octanol–water partition coefficient (Wildman–Crippen LogP) is 0.275. The van der Waals surface area contributed by atoms with E-state index in [0.29, 0.717) is 11.5 Å². The van der Waals surface area contributed by atoms with Crippen molar-refractivity contribution in [3.05, 3.63) is 24.3 Å². The van der Waals surface area contributed by atoms with Gasteiger partial charge in [0.15, 0.2) is 6.61 Å². The Bertz CT molecular complexity index is 387. The van der Waals surface area contributed by atoms with Crippen molar-refractivity contribution in [3.8, 4) is 11.5 Å². The number of methoxy groups -OCH3 is 1. The Labute approximate surface area is 98.2 Å². The molecule has 0 heterocycles. The minimum absolute atomic E-state index is 0.223. The van der Waals surface area contributed by atoms with Gasteiger partial charge in [-0.15, -0.1) is 0 Å². The number of aliphatic carboxylic acids is 1. The molecule has 0 bridgehead atoms. The highest BCUT2D eigenvalue weighted by atomic mass is 16.5. The number of carbonyl (C=O) groups excluding carboxylic acids is 1. The molecule has 0 aromatic heterocycles. The van der Waals surface area contributed by atoms with E-state index in [4.69, 9.17) is 14.6 Å². The smallest absolute Gasteiger partial charge is 0.322 e. The molecular weight excluding hydrogens is 226 g/mol. The van der Waals surface area contributed by atoms with Crippen LogP contribution in [0.5, 0.6) is 11.5 Å². The second-order valence-corrected chi connectivity index (χ2v) is 3.13. The third-order valence-corrected chi connectivity index (χ3v) is 1.87. The van der Waals surface area contributed by atoms with Gasteiger partial charge in [-0.05, 0) is 24.3 Å². The van der Waals surface area contributed by atoms with Crippen LogP contribution in [0.2, 0.25) is 0 Å². The van der Waals surface area contributed by atoms with Crippen molar-refractivity contribution < 1.29 is 24.2 Å². The van der Waals surface area contributed by atoms with Gasteiger partial charge >= 0.3 is 5.97 Å². The fourth-order valence-electron chi connectivity index (χ4n) is 1.05. The molecule has 6 nitrogen and oxygen atoms in total. The van der Waals surface area contributed by atoms with Crippen LogP contribution < -0.4 is 14.8 Å². The van der Waals surface area contributed by atoms with Gasteiger partial charge < -0.3 is 19.9 Å². The van der Waals surface area contributed by atoms with E-state index in [0.717, 1.165) is 0 Å². The number of rotatable bonds is 6. The number of hydrogen-bond donors (Lipinski definition) is 2. The summed E-state index contributed by atoms with van der Waals surface area (Å²) in [6.07, 6.45) is 0. The summed E-state index contributed by atoms with van der Waals surface area (Å²) in [5.74, 6) is -0.380. The Morgan fingerprint density at radius 1 is 1.24 bits per heavy atom. The number of carboxylic acids is 1. The molecule has 0 unspecified atom stereocenters. The maximum Gasteiger partial charge on any atom is 0.322 e. The molecule has 92 valence electrons. The van der Waals surface area contributed by atoms with Gasteiger partial charge in [0.05, 0.1) is 7.11 Å². The van der Waals surface area contributed by atoms with Crippen molar-refractivity contribution >= 4 is 11.9 Å². The zero-order valence-corrected chi connectivity index (χ0v) is 9.30. The van der Waals surface area contributed by atoms with Crippen LogP contribution >= 0.6 is 0 Å². The molecule has 0 spiro atoms. The maximum atomic E-state index is 11.1. The highest BCUT2D eigenvalue weighted by Crippen LogP contribution is 2.16. The molecule has 2 N–H and O–H groups in total. The monoisotopic (exact) mass is 239 g/mol. The van der Waals surface area contributed by atoms with Crippen LogP contribution in [0.3, 0.4) is 0 Å². The van der Waals surface area contributed by atoms with Crippen molar-refractivity contribution in [2.75, 3.05) is 20.3 Å². The predicted molar refractivity (Wildman–Crippen MR) is 59.1 cm³/mol. The number of amides is 1. The molecule has 0 aliphatic carbocycles. The first kappa shape index (κ1) is 12.8. The molecule has 0 saturated heterocycles. The van der Waals surface area contributed by atoms with E-state index in [1.54, 1.807) is 31.4 Å². The first-order valence-electron chi connectivity index (χ1n) is 4.87. The largest absolute Gasteiger partial charge is 0.497 e. The Morgan fingerprint density at radius 3 is 2.35 bits per heavy atom. The third-order valence-electron chi connectivity index (χ3n) is 1.87. The van der Waals surface area contributed by atoms with Gasteiger partial charge in [-0.2, -0.15) is 0 Å². The summed E-state index contributed by atoms with van der Waals surface area (Å²) in [5.41, 5.74) is 0. The number of hydrogen-bond acceptors (Lipinski definition) is 4. The van der Waals surface area contributed by atoms with E-state index in [1.807, 2.05) is 0 Å². The summed E-state index contributed by atoms with van der Waals surface area (Å²) in [6.45, 7) is -0.635. The number of ether oxygens (including phenoxy) is 2. The van der Waals surface area contributed by atoms with Crippen LogP contribution in [0.4, 0.5) is 0 Å². The standard InChI is InChI=1S/C11H13NO5/c1-16-8-2-4-9(5-3-8)17-7-10(13)12-6-11(14)15/h2-5H,6-7H2,1H3,(H,12,13)(H,14,15). The summed E-state index contributed by atoms with van der Waals surface area (Å²) < 4.78 is 10.1.